The standard InChI is InChI=1S/C30H30BN3/c1-19-11-9-12-20(2)26(19)31-24-15-10-14-22-21-13-7-8-16-25(21)34(27(22)24)29-28(33(31)6)23(17-18-32-29)30(3,4)5/h7-18H,1-6H3. The van der Waals surface area contributed by atoms with E-state index >= 15 is 0 Å². The van der Waals surface area contributed by atoms with Gasteiger partial charge in [0.05, 0.1) is 16.7 Å². The molecule has 0 amide bonds. The van der Waals surface area contributed by atoms with Crippen molar-refractivity contribution < 1.29 is 0 Å². The highest BCUT2D eigenvalue weighted by Gasteiger charge is 2.38. The molecule has 1 aliphatic rings. The molecule has 0 N–H and O–H groups in total. The van der Waals surface area contributed by atoms with Crippen LogP contribution >= 0.6 is 0 Å². The topological polar surface area (TPSA) is 21.1 Å². The zero-order valence-electron chi connectivity index (χ0n) is 20.8. The van der Waals surface area contributed by atoms with Gasteiger partial charge in [0.15, 0.2) is 5.82 Å². The third kappa shape index (κ3) is 2.81. The largest absolute Gasteiger partial charge is 0.406 e. The van der Waals surface area contributed by atoms with E-state index in [-0.39, 0.29) is 12.3 Å². The molecule has 3 nitrogen and oxygen atoms in total. The Bertz CT molecular complexity index is 1570. The van der Waals surface area contributed by atoms with Crippen molar-refractivity contribution in [3.63, 3.8) is 0 Å². The van der Waals surface area contributed by atoms with Crippen molar-refractivity contribution >= 4 is 45.3 Å². The molecule has 0 atom stereocenters. The average Bonchev–Trinajstić information content (AvgIpc) is 3.09. The number of para-hydroxylation sites is 2. The summed E-state index contributed by atoms with van der Waals surface area (Å²) in [5, 5.41) is 2.56. The quantitative estimate of drug-likeness (QED) is 0.312. The minimum Gasteiger partial charge on any atom is -0.406 e. The van der Waals surface area contributed by atoms with Gasteiger partial charge < -0.3 is 4.81 Å². The summed E-state index contributed by atoms with van der Waals surface area (Å²) in [5.41, 5.74) is 10.3. The number of nitrogens with zero attached hydrogens (tertiary/aromatic N) is 3. The zero-order chi connectivity index (χ0) is 23.8. The van der Waals surface area contributed by atoms with Crippen LogP contribution in [-0.4, -0.2) is 23.4 Å². The molecule has 0 aliphatic carbocycles. The van der Waals surface area contributed by atoms with E-state index in [1.165, 1.54) is 55.1 Å². The molecule has 3 aromatic carbocycles. The third-order valence-electron chi connectivity index (χ3n) is 7.50. The Balaban J connectivity index is 1.86. The van der Waals surface area contributed by atoms with Gasteiger partial charge in [-0.15, -0.1) is 0 Å². The van der Waals surface area contributed by atoms with Gasteiger partial charge in [-0.05, 0) is 54.9 Å². The number of hydrogen-bond donors (Lipinski definition) is 0. The second-order valence-electron chi connectivity index (χ2n) is 10.7. The summed E-state index contributed by atoms with van der Waals surface area (Å²) >= 11 is 0. The lowest BCUT2D eigenvalue weighted by Gasteiger charge is -2.34. The predicted octanol–water partition coefficient (Wildman–Crippen LogP) is 5.65. The molecule has 0 radical (unpaired) electrons. The van der Waals surface area contributed by atoms with Gasteiger partial charge in [-0.3, -0.25) is 4.57 Å². The highest BCUT2D eigenvalue weighted by Crippen LogP contribution is 2.41. The van der Waals surface area contributed by atoms with E-state index in [0.29, 0.717) is 0 Å². The van der Waals surface area contributed by atoms with Crippen molar-refractivity contribution in [3.05, 3.63) is 89.6 Å². The third-order valence-corrected chi connectivity index (χ3v) is 7.50. The van der Waals surface area contributed by atoms with E-state index in [1.807, 2.05) is 6.20 Å². The fraction of sp³-hybridized carbons (Fsp3) is 0.233. The minimum atomic E-state index is -0.0226. The molecule has 0 spiro atoms. The highest BCUT2D eigenvalue weighted by molar-refractivity contribution is 6.90. The summed E-state index contributed by atoms with van der Waals surface area (Å²) in [5.74, 6) is 1.02. The molecule has 0 saturated carbocycles. The summed E-state index contributed by atoms with van der Waals surface area (Å²) in [6, 6.07) is 24.4. The fourth-order valence-electron chi connectivity index (χ4n) is 5.99. The van der Waals surface area contributed by atoms with Crippen LogP contribution in [-0.2, 0) is 5.41 Å². The number of benzene rings is 3. The Hall–Kier alpha value is -3.53. The van der Waals surface area contributed by atoms with Gasteiger partial charge in [-0.25, -0.2) is 4.98 Å². The molecule has 34 heavy (non-hydrogen) atoms. The SMILES string of the molecule is Cc1cccc(C)c1B1c2cccc3c4ccccc4n(c23)-c2nccc(C(C)(C)C)c2N1C. The van der Waals surface area contributed by atoms with Crippen molar-refractivity contribution in [1.29, 1.82) is 0 Å². The first-order valence-corrected chi connectivity index (χ1v) is 12.1. The average molecular weight is 443 g/mol. The Morgan fingerprint density at radius 2 is 1.47 bits per heavy atom. The lowest BCUT2D eigenvalue weighted by atomic mass is 9.47. The summed E-state index contributed by atoms with van der Waals surface area (Å²) in [6.45, 7) is 11.5. The number of anilines is 1. The van der Waals surface area contributed by atoms with Crippen LogP contribution in [0.25, 0.3) is 27.6 Å². The molecular formula is C30H30BN3. The van der Waals surface area contributed by atoms with Gasteiger partial charge in [0, 0.05) is 17.0 Å². The molecule has 168 valence electrons. The highest BCUT2D eigenvalue weighted by atomic mass is 15.2. The lowest BCUT2D eigenvalue weighted by Crippen LogP contribution is -2.57. The molecule has 0 saturated heterocycles. The number of pyridine rings is 1. The molecule has 5 aromatic rings. The van der Waals surface area contributed by atoms with Crippen molar-refractivity contribution in [1.82, 2.24) is 9.55 Å². The predicted molar refractivity (Wildman–Crippen MR) is 147 cm³/mol. The molecular weight excluding hydrogens is 413 g/mol. The normalized spacial score (nSPS) is 13.5. The Morgan fingerprint density at radius 1 is 0.794 bits per heavy atom. The van der Waals surface area contributed by atoms with E-state index in [4.69, 9.17) is 4.98 Å². The van der Waals surface area contributed by atoms with Crippen molar-refractivity contribution in [3.8, 4) is 5.82 Å². The van der Waals surface area contributed by atoms with Crippen LogP contribution < -0.4 is 15.7 Å². The van der Waals surface area contributed by atoms with Gasteiger partial charge in [-0.2, -0.15) is 0 Å². The number of rotatable bonds is 1. The number of fused-ring (bicyclic) bond motifs is 5. The smallest absolute Gasteiger partial charge is 0.326 e. The lowest BCUT2D eigenvalue weighted by molar-refractivity contribution is 0.589. The molecule has 2 aromatic heterocycles. The molecule has 0 fully saturated rings. The summed E-state index contributed by atoms with van der Waals surface area (Å²) < 4.78 is 2.41. The van der Waals surface area contributed by atoms with Crippen molar-refractivity contribution in [2.45, 2.75) is 40.0 Å². The van der Waals surface area contributed by atoms with Crippen LogP contribution in [0, 0.1) is 13.8 Å². The molecule has 1 aliphatic heterocycles. The van der Waals surface area contributed by atoms with Gasteiger partial charge >= 0.3 is 6.85 Å². The fourth-order valence-corrected chi connectivity index (χ4v) is 5.99. The van der Waals surface area contributed by atoms with Crippen molar-refractivity contribution in [2.24, 2.45) is 0 Å². The Labute approximate surface area is 202 Å². The van der Waals surface area contributed by atoms with Crippen LogP contribution in [0.15, 0.2) is 72.9 Å². The van der Waals surface area contributed by atoms with Crippen LogP contribution in [0.2, 0.25) is 0 Å². The maximum atomic E-state index is 5.04. The number of aryl methyl sites for hydroxylation is 2. The van der Waals surface area contributed by atoms with Gasteiger partial charge in [0.25, 0.3) is 0 Å². The summed E-state index contributed by atoms with van der Waals surface area (Å²) in [6.07, 6.45) is 1.98. The van der Waals surface area contributed by atoms with Crippen LogP contribution in [0.3, 0.4) is 0 Å². The monoisotopic (exact) mass is 443 g/mol. The number of hydrogen-bond acceptors (Lipinski definition) is 2. The molecule has 3 heterocycles. The minimum absolute atomic E-state index is 0.0226. The van der Waals surface area contributed by atoms with Crippen LogP contribution in [0.4, 0.5) is 5.69 Å². The van der Waals surface area contributed by atoms with E-state index in [0.717, 1.165) is 5.82 Å². The van der Waals surface area contributed by atoms with Gasteiger partial charge in [0.1, 0.15) is 0 Å². The first-order valence-electron chi connectivity index (χ1n) is 12.1. The first-order chi connectivity index (χ1) is 16.3. The summed E-state index contributed by atoms with van der Waals surface area (Å²) in [4.78, 5) is 7.53. The number of aromatic nitrogens is 2. The van der Waals surface area contributed by atoms with E-state index in [2.05, 4.69) is 118 Å². The van der Waals surface area contributed by atoms with Crippen LogP contribution in [0.5, 0.6) is 0 Å². The molecule has 4 heteroatoms. The van der Waals surface area contributed by atoms with E-state index in [1.54, 1.807) is 0 Å². The van der Waals surface area contributed by atoms with Gasteiger partial charge in [-0.1, -0.05) is 86.5 Å². The van der Waals surface area contributed by atoms with E-state index in [9.17, 15) is 0 Å². The summed E-state index contributed by atoms with van der Waals surface area (Å²) in [7, 11) is 2.25. The maximum absolute atomic E-state index is 5.04. The second-order valence-corrected chi connectivity index (χ2v) is 10.7. The first kappa shape index (κ1) is 21.0. The molecule has 6 rings (SSSR count). The van der Waals surface area contributed by atoms with Gasteiger partial charge in [0.2, 0.25) is 0 Å². The Kier molecular flexibility index (Phi) is 4.48. The van der Waals surface area contributed by atoms with E-state index < -0.39 is 0 Å². The van der Waals surface area contributed by atoms with Crippen LogP contribution in [0.1, 0.15) is 37.5 Å². The zero-order valence-corrected chi connectivity index (χ0v) is 20.8. The molecule has 0 unspecified atom stereocenters. The van der Waals surface area contributed by atoms with Crippen molar-refractivity contribution in [2.75, 3.05) is 11.9 Å². The second kappa shape index (κ2) is 7.23. The molecule has 0 bridgehead atoms. The Morgan fingerprint density at radius 3 is 2.21 bits per heavy atom. The maximum Gasteiger partial charge on any atom is 0.326 e.